The Morgan fingerprint density at radius 2 is 2.40 bits per heavy atom. The summed E-state index contributed by atoms with van der Waals surface area (Å²) in [7, 11) is 3.48. The van der Waals surface area contributed by atoms with Gasteiger partial charge in [-0.2, -0.15) is 10.4 Å². The number of amides is 1. The summed E-state index contributed by atoms with van der Waals surface area (Å²) in [4.78, 5) is 13.4. The average Bonchev–Trinajstić information content (AvgIpc) is 2.55. The first kappa shape index (κ1) is 11.2. The van der Waals surface area contributed by atoms with Crippen molar-refractivity contribution in [2.45, 2.75) is 13.3 Å². The van der Waals surface area contributed by atoms with Crippen molar-refractivity contribution in [1.29, 1.82) is 5.26 Å². The van der Waals surface area contributed by atoms with Crippen LogP contribution in [0.3, 0.4) is 0 Å². The van der Waals surface area contributed by atoms with Gasteiger partial charge in [0.25, 0.3) is 5.91 Å². The van der Waals surface area contributed by atoms with Gasteiger partial charge in [0.2, 0.25) is 0 Å². The van der Waals surface area contributed by atoms with E-state index in [1.807, 2.05) is 13.0 Å². The van der Waals surface area contributed by atoms with Crippen LogP contribution in [0.5, 0.6) is 0 Å². The number of nitriles is 1. The van der Waals surface area contributed by atoms with E-state index in [4.69, 9.17) is 5.26 Å². The Labute approximate surface area is 88.9 Å². The van der Waals surface area contributed by atoms with Gasteiger partial charge in [0.05, 0.1) is 24.3 Å². The van der Waals surface area contributed by atoms with Crippen molar-refractivity contribution >= 4 is 5.91 Å². The molecule has 0 saturated carbocycles. The number of hydrogen-bond donors (Lipinski definition) is 0. The zero-order valence-electron chi connectivity index (χ0n) is 9.19. The molecule has 0 spiro atoms. The van der Waals surface area contributed by atoms with E-state index in [1.165, 1.54) is 4.90 Å². The number of aryl methyl sites for hydroxylation is 1. The molecule has 0 aliphatic carbocycles. The topological polar surface area (TPSA) is 61.9 Å². The van der Waals surface area contributed by atoms with E-state index < -0.39 is 0 Å². The van der Waals surface area contributed by atoms with E-state index in [0.29, 0.717) is 18.5 Å². The lowest BCUT2D eigenvalue weighted by Gasteiger charge is -2.14. The summed E-state index contributed by atoms with van der Waals surface area (Å²) >= 11 is 0. The van der Waals surface area contributed by atoms with Crippen molar-refractivity contribution in [3.63, 3.8) is 0 Å². The summed E-state index contributed by atoms with van der Waals surface area (Å²) in [6.07, 6.45) is 1.90. The molecule has 80 valence electrons. The molecule has 0 fully saturated rings. The van der Waals surface area contributed by atoms with Gasteiger partial charge in [0.15, 0.2) is 0 Å². The Bertz CT molecular complexity index is 402. The Hall–Kier alpha value is -1.83. The van der Waals surface area contributed by atoms with Crippen LogP contribution in [0, 0.1) is 18.3 Å². The van der Waals surface area contributed by atoms with Gasteiger partial charge in [-0.3, -0.25) is 9.48 Å². The van der Waals surface area contributed by atoms with Crippen molar-refractivity contribution < 1.29 is 4.79 Å². The molecular weight excluding hydrogens is 192 g/mol. The van der Waals surface area contributed by atoms with Gasteiger partial charge >= 0.3 is 0 Å². The van der Waals surface area contributed by atoms with E-state index in [2.05, 4.69) is 5.10 Å². The van der Waals surface area contributed by atoms with Crippen molar-refractivity contribution in [3.05, 3.63) is 17.5 Å². The maximum Gasteiger partial charge on any atom is 0.257 e. The molecule has 1 aromatic rings. The SMILES string of the molecule is Cc1c(C(=O)N(C)CCC#N)cnn1C. The molecule has 1 aromatic heterocycles. The normalized spacial score (nSPS) is 9.73. The zero-order chi connectivity index (χ0) is 11.4. The summed E-state index contributed by atoms with van der Waals surface area (Å²) in [5.41, 5.74) is 1.43. The Morgan fingerprint density at radius 1 is 1.73 bits per heavy atom. The minimum Gasteiger partial charge on any atom is -0.341 e. The Kier molecular flexibility index (Phi) is 3.45. The molecular formula is C10H14N4O. The number of aromatic nitrogens is 2. The van der Waals surface area contributed by atoms with Gasteiger partial charge in [-0.25, -0.2) is 0 Å². The zero-order valence-corrected chi connectivity index (χ0v) is 9.19. The van der Waals surface area contributed by atoms with E-state index in [0.717, 1.165) is 5.69 Å². The Balaban J connectivity index is 2.77. The number of hydrogen-bond acceptors (Lipinski definition) is 3. The van der Waals surface area contributed by atoms with Gasteiger partial charge in [-0.1, -0.05) is 0 Å². The standard InChI is InChI=1S/C10H14N4O/c1-8-9(7-12-14(8)3)10(15)13(2)6-4-5-11/h7H,4,6H2,1-3H3. The van der Waals surface area contributed by atoms with Gasteiger partial charge < -0.3 is 4.90 Å². The van der Waals surface area contributed by atoms with E-state index in [9.17, 15) is 4.79 Å². The van der Waals surface area contributed by atoms with E-state index in [-0.39, 0.29) is 5.91 Å². The predicted molar refractivity (Wildman–Crippen MR) is 55.1 cm³/mol. The molecule has 1 rings (SSSR count). The maximum atomic E-state index is 11.8. The van der Waals surface area contributed by atoms with E-state index in [1.54, 1.807) is 25.0 Å². The molecule has 0 aliphatic rings. The first-order valence-electron chi connectivity index (χ1n) is 4.69. The number of carbonyl (C=O) groups excluding carboxylic acids is 1. The van der Waals surface area contributed by atoms with Gasteiger partial charge in [-0.15, -0.1) is 0 Å². The third-order valence-corrected chi connectivity index (χ3v) is 2.37. The highest BCUT2D eigenvalue weighted by Gasteiger charge is 2.16. The quantitative estimate of drug-likeness (QED) is 0.731. The third kappa shape index (κ3) is 2.34. The van der Waals surface area contributed by atoms with Crippen LogP contribution in [-0.4, -0.2) is 34.2 Å². The molecule has 15 heavy (non-hydrogen) atoms. The smallest absolute Gasteiger partial charge is 0.257 e. The second-order valence-corrected chi connectivity index (χ2v) is 3.40. The molecule has 5 heteroatoms. The molecule has 1 amide bonds. The number of carbonyl (C=O) groups is 1. The van der Waals surface area contributed by atoms with Gasteiger partial charge in [0.1, 0.15) is 0 Å². The lowest BCUT2D eigenvalue weighted by atomic mass is 10.2. The van der Waals surface area contributed by atoms with Crippen LogP contribution in [0.15, 0.2) is 6.20 Å². The first-order chi connectivity index (χ1) is 7.07. The minimum atomic E-state index is -0.0872. The highest BCUT2D eigenvalue weighted by Crippen LogP contribution is 2.08. The number of nitrogens with zero attached hydrogens (tertiary/aromatic N) is 4. The molecule has 0 bridgehead atoms. The minimum absolute atomic E-state index is 0.0872. The fourth-order valence-electron chi connectivity index (χ4n) is 1.23. The molecule has 0 N–H and O–H groups in total. The molecule has 1 heterocycles. The Morgan fingerprint density at radius 3 is 2.87 bits per heavy atom. The molecule has 0 aromatic carbocycles. The highest BCUT2D eigenvalue weighted by atomic mass is 16.2. The van der Waals surface area contributed by atoms with Crippen LogP contribution < -0.4 is 0 Å². The summed E-state index contributed by atoms with van der Waals surface area (Å²) in [5.74, 6) is -0.0872. The highest BCUT2D eigenvalue weighted by molar-refractivity contribution is 5.94. The average molecular weight is 206 g/mol. The van der Waals surface area contributed by atoms with Crippen LogP contribution >= 0.6 is 0 Å². The van der Waals surface area contributed by atoms with Crippen LogP contribution in [0.1, 0.15) is 22.5 Å². The summed E-state index contributed by atoms with van der Waals surface area (Å²) < 4.78 is 1.66. The molecule has 5 nitrogen and oxygen atoms in total. The first-order valence-corrected chi connectivity index (χ1v) is 4.69. The van der Waals surface area contributed by atoms with Gasteiger partial charge in [-0.05, 0) is 6.92 Å². The van der Waals surface area contributed by atoms with Crippen LogP contribution in [0.4, 0.5) is 0 Å². The molecule has 0 saturated heterocycles. The summed E-state index contributed by atoms with van der Waals surface area (Å²) in [5, 5.41) is 12.4. The van der Waals surface area contributed by atoms with Gasteiger partial charge in [0, 0.05) is 26.3 Å². The molecule has 0 aliphatic heterocycles. The summed E-state index contributed by atoms with van der Waals surface area (Å²) in [6.45, 7) is 2.29. The maximum absolute atomic E-state index is 11.8. The van der Waals surface area contributed by atoms with Crippen LogP contribution in [-0.2, 0) is 7.05 Å². The third-order valence-electron chi connectivity index (χ3n) is 2.37. The van der Waals surface area contributed by atoms with Crippen molar-refractivity contribution in [3.8, 4) is 6.07 Å². The van der Waals surface area contributed by atoms with E-state index >= 15 is 0 Å². The molecule has 0 unspecified atom stereocenters. The second-order valence-electron chi connectivity index (χ2n) is 3.40. The monoisotopic (exact) mass is 206 g/mol. The fraction of sp³-hybridized carbons (Fsp3) is 0.500. The van der Waals surface area contributed by atoms with Crippen molar-refractivity contribution in [2.24, 2.45) is 7.05 Å². The summed E-state index contributed by atoms with van der Waals surface area (Å²) in [6, 6.07) is 2.01. The van der Waals surface area contributed by atoms with Crippen LogP contribution in [0.25, 0.3) is 0 Å². The van der Waals surface area contributed by atoms with Crippen molar-refractivity contribution in [2.75, 3.05) is 13.6 Å². The largest absolute Gasteiger partial charge is 0.341 e. The molecule has 0 atom stereocenters. The second kappa shape index (κ2) is 4.60. The number of rotatable bonds is 3. The lowest BCUT2D eigenvalue weighted by molar-refractivity contribution is 0.0797. The predicted octanol–water partition coefficient (Wildman–Crippen LogP) is 0.714. The fourth-order valence-corrected chi connectivity index (χ4v) is 1.23. The van der Waals surface area contributed by atoms with Crippen molar-refractivity contribution in [1.82, 2.24) is 14.7 Å². The lowest BCUT2D eigenvalue weighted by Crippen LogP contribution is -2.27. The molecule has 0 radical (unpaired) electrons. The van der Waals surface area contributed by atoms with Crippen LogP contribution in [0.2, 0.25) is 0 Å².